The van der Waals surface area contributed by atoms with E-state index in [9.17, 15) is 4.39 Å². The Morgan fingerprint density at radius 1 is 1.11 bits per heavy atom. The zero-order valence-corrected chi connectivity index (χ0v) is 12.3. The smallest absolute Gasteiger partial charge is 0.123 e. The summed E-state index contributed by atoms with van der Waals surface area (Å²) in [6.07, 6.45) is 0. The SMILES string of the molecule is Fc1cccc(CNc2ccc(Br)c(Cl)c2Cl)c1. The summed E-state index contributed by atoms with van der Waals surface area (Å²) in [6, 6.07) is 10.0. The molecule has 0 heterocycles. The third-order valence-corrected chi connectivity index (χ3v) is 4.18. The van der Waals surface area contributed by atoms with E-state index in [0.717, 1.165) is 10.0 Å². The Balaban J connectivity index is 2.14. The Kier molecular flexibility index (Phi) is 4.49. The summed E-state index contributed by atoms with van der Waals surface area (Å²) in [6.45, 7) is 0.482. The summed E-state index contributed by atoms with van der Waals surface area (Å²) in [5, 5.41) is 4.03. The molecule has 0 radical (unpaired) electrons. The van der Waals surface area contributed by atoms with Crippen LogP contribution >= 0.6 is 39.1 Å². The molecule has 0 bridgehead atoms. The Labute approximate surface area is 123 Å². The molecule has 0 spiro atoms. The zero-order chi connectivity index (χ0) is 13.1. The number of hydrogen-bond donors (Lipinski definition) is 1. The minimum Gasteiger partial charge on any atom is -0.380 e. The molecule has 5 heteroatoms. The van der Waals surface area contributed by atoms with Gasteiger partial charge in [0.1, 0.15) is 5.82 Å². The Morgan fingerprint density at radius 3 is 2.61 bits per heavy atom. The molecule has 0 aliphatic rings. The van der Waals surface area contributed by atoms with Crippen molar-refractivity contribution in [2.75, 3.05) is 5.32 Å². The summed E-state index contributed by atoms with van der Waals surface area (Å²) < 4.78 is 13.7. The Morgan fingerprint density at radius 2 is 1.89 bits per heavy atom. The van der Waals surface area contributed by atoms with Crippen molar-refractivity contribution in [1.29, 1.82) is 0 Å². The first-order valence-electron chi connectivity index (χ1n) is 5.20. The van der Waals surface area contributed by atoms with Gasteiger partial charge in [-0.2, -0.15) is 0 Å². The summed E-state index contributed by atoms with van der Waals surface area (Å²) in [7, 11) is 0. The van der Waals surface area contributed by atoms with E-state index in [2.05, 4.69) is 21.2 Å². The van der Waals surface area contributed by atoms with E-state index in [-0.39, 0.29) is 5.82 Å². The fourth-order valence-electron chi connectivity index (χ4n) is 1.51. The van der Waals surface area contributed by atoms with Crippen LogP contribution in [0.3, 0.4) is 0 Å². The van der Waals surface area contributed by atoms with Gasteiger partial charge in [0, 0.05) is 11.0 Å². The number of halogens is 4. The van der Waals surface area contributed by atoms with E-state index in [1.165, 1.54) is 12.1 Å². The highest BCUT2D eigenvalue weighted by Gasteiger charge is 2.08. The van der Waals surface area contributed by atoms with Gasteiger partial charge < -0.3 is 5.32 Å². The van der Waals surface area contributed by atoms with Gasteiger partial charge in [-0.25, -0.2) is 4.39 Å². The maximum absolute atomic E-state index is 13.0. The van der Waals surface area contributed by atoms with Crippen LogP contribution < -0.4 is 5.32 Å². The lowest BCUT2D eigenvalue weighted by Gasteiger charge is -2.10. The molecular formula is C13H9BrCl2FN. The highest BCUT2D eigenvalue weighted by Crippen LogP contribution is 2.35. The molecule has 0 saturated heterocycles. The van der Waals surface area contributed by atoms with Crippen molar-refractivity contribution >= 4 is 44.8 Å². The molecule has 1 N–H and O–H groups in total. The lowest BCUT2D eigenvalue weighted by molar-refractivity contribution is 0.626. The minimum atomic E-state index is -0.255. The first-order valence-corrected chi connectivity index (χ1v) is 6.74. The van der Waals surface area contributed by atoms with Gasteiger partial charge in [0.25, 0.3) is 0 Å². The maximum Gasteiger partial charge on any atom is 0.123 e. The van der Waals surface area contributed by atoms with Crippen LogP contribution in [-0.4, -0.2) is 0 Å². The monoisotopic (exact) mass is 347 g/mol. The van der Waals surface area contributed by atoms with E-state index in [1.54, 1.807) is 6.07 Å². The fraction of sp³-hybridized carbons (Fsp3) is 0.0769. The van der Waals surface area contributed by atoms with Crippen molar-refractivity contribution < 1.29 is 4.39 Å². The lowest BCUT2D eigenvalue weighted by Crippen LogP contribution is -2.00. The summed E-state index contributed by atoms with van der Waals surface area (Å²) in [5.74, 6) is -0.255. The highest BCUT2D eigenvalue weighted by atomic mass is 79.9. The predicted octanol–water partition coefficient (Wildman–Crippen LogP) is 5.51. The van der Waals surface area contributed by atoms with E-state index in [1.807, 2.05) is 18.2 Å². The molecule has 0 fully saturated rings. The molecule has 2 aromatic rings. The standard InChI is InChI=1S/C13H9BrCl2FN/c14-10-4-5-11(13(16)12(10)15)18-7-8-2-1-3-9(17)6-8/h1-6,18H,7H2. The van der Waals surface area contributed by atoms with Gasteiger partial charge in [-0.1, -0.05) is 35.3 Å². The fourth-order valence-corrected chi connectivity index (χ4v) is 2.35. The van der Waals surface area contributed by atoms with E-state index in [4.69, 9.17) is 23.2 Å². The minimum absolute atomic E-state index is 0.255. The van der Waals surface area contributed by atoms with Crippen LogP contribution in [0.1, 0.15) is 5.56 Å². The van der Waals surface area contributed by atoms with Crippen LogP contribution in [0, 0.1) is 5.82 Å². The lowest BCUT2D eigenvalue weighted by atomic mass is 10.2. The molecule has 0 atom stereocenters. The summed E-state index contributed by atoms with van der Waals surface area (Å²) in [5.41, 5.74) is 1.55. The molecule has 1 nitrogen and oxygen atoms in total. The largest absolute Gasteiger partial charge is 0.380 e. The molecule has 2 aromatic carbocycles. The van der Waals surface area contributed by atoms with E-state index < -0.39 is 0 Å². The highest BCUT2D eigenvalue weighted by molar-refractivity contribution is 9.10. The zero-order valence-electron chi connectivity index (χ0n) is 9.18. The number of hydrogen-bond acceptors (Lipinski definition) is 1. The van der Waals surface area contributed by atoms with Crippen molar-refractivity contribution in [3.05, 3.63) is 62.3 Å². The van der Waals surface area contributed by atoms with Crippen LogP contribution in [0.2, 0.25) is 10.0 Å². The number of anilines is 1. The molecule has 0 amide bonds. The summed E-state index contributed by atoms with van der Waals surface area (Å²) in [4.78, 5) is 0. The third kappa shape index (κ3) is 3.16. The third-order valence-electron chi connectivity index (χ3n) is 2.41. The molecule has 2 rings (SSSR count). The van der Waals surface area contributed by atoms with Gasteiger partial charge in [0.05, 0.1) is 15.7 Å². The van der Waals surface area contributed by atoms with Crippen LogP contribution in [0.4, 0.5) is 10.1 Å². The predicted molar refractivity (Wildman–Crippen MR) is 77.9 cm³/mol. The van der Waals surface area contributed by atoms with Gasteiger partial charge in [-0.05, 0) is 45.8 Å². The summed E-state index contributed by atoms with van der Waals surface area (Å²) >= 11 is 15.4. The van der Waals surface area contributed by atoms with E-state index in [0.29, 0.717) is 22.3 Å². The molecule has 0 aliphatic carbocycles. The quantitative estimate of drug-likeness (QED) is 0.721. The van der Waals surface area contributed by atoms with Crippen molar-refractivity contribution in [3.8, 4) is 0 Å². The average Bonchev–Trinajstić information content (AvgIpc) is 2.35. The average molecular weight is 349 g/mol. The normalized spacial score (nSPS) is 10.4. The van der Waals surface area contributed by atoms with Crippen molar-refractivity contribution in [2.24, 2.45) is 0 Å². The van der Waals surface area contributed by atoms with Gasteiger partial charge >= 0.3 is 0 Å². The second kappa shape index (κ2) is 5.91. The molecule has 0 aliphatic heterocycles. The Hall–Kier alpha value is -0.770. The Bertz CT molecular complexity index is 575. The molecule has 94 valence electrons. The number of nitrogens with one attached hydrogen (secondary N) is 1. The van der Waals surface area contributed by atoms with Crippen molar-refractivity contribution in [1.82, 2.24) is 0 Å². The van der Waals surface area contributed by atoms with Gasteiger partial charge in [-0.15, -0.1) is 0 Å². The second-order valence-corrected chi connectivity index (χ2v) is 5.32. The first kappa shape index (κ1) is 13.7. The van der Waals surface area contributed by atoms with E-state index >= 15 is 0 Å². The van der Waals surface area contributed by atoms with Crippen LogP contribution in [-0.2, 0) is 6.54 Å². The topological polar surface area (TPSA) is 12.0 Å². The first-order chi connectivity index (χ1) is 8.58. The van der Waals surface area contributed by atoms with Gasteiger partial charge in [0.2, 0.25) is 0 Å². The van der Waals surface area contributed by atoms with Crippen LogP contribution in [0.5, 0.6) is 0 Å². The second-order valence-electron chi connectivity index (χ2n) is 3.71. The van der Waals surface area contributed by atoms with Crippen molar-refractivity contribution in [3.63, 3.8) is 0 Å². The number of rotatable bonds is 3. The molecule has 0 aromatic heterocycles. The van der Waals surface area contributed by atoms with Gasteiger partial charge in [-0.3, -0.25) is 0 Å². The molecule has 0 unspecified atom stereocenters. The van der Waals surface area contributed by atoms with Gasteiger partial charge in [0.15, 0.2) is 0 Å². The number of benzene rings is 2. The molecule has 0 saturated carbocycles. The molecular weight excluding hydrogens is 340 g/mol. The van der Waals surface area contributed by atoms with Crippen LogP contribution in [0.15, 0.2) is 40.9 Å². The van der Waals surface area contributed by atoms with Crippen LogP contribution in [0.25, 0.3) is 0 Å². The van der Waals surface area contributed by atoms with Crippen molar-refractivity contribution in [2.45, 2.75) is 6.54 Å². The maximum atomic E-state index is 13.0. The molecule has 18 heavy (non-hydrogen) atoms.